The summed E-state index contributed by atoms with van der Waals surface area (Å²) in [5.74, 6) is -0.199. The van der Waals surface area contributed by atoms with E-state index in [4.69, 9.17) is 4.52 Å². The minimum absolute atomic E-state index is 0.199. The molecular formula is C19H15N5O2S. The van der Waals surface area contributed by atoms with E-state index < -0.39 is 0 Å². The zero-order valence-electron chi connectivity index (χ0n) is 14.1. The van der Waals surface area contributed by atoms with Crippen LogP contribution < -0.4 is 5.32 Å². The molecule has 134 valence electrons. The van der Waals surface area contributed by atoms with Crippen LogP contribution in [0, 0.1) is 0 Å². The fourth-order valence-electron chi connectivity index (χ4n) is 2.50. The molecule has 4 heterocycles. The molecule has 0 aliphatic carbocycles. The summed E-state index contributed by atoms with van der Waals surface area (Å²) in [7, 11) is 0. The number of aromatic nitrogens is 4. The predicted molar refractivity (Wildman–Crippen MR) is 103 cm³/mol. The lowest BCUT2D eigenvalue weighted by atomic mass is 10.2. The Labute approximate surface area is 159 Å². The maximum absolute atomic E-state index is 12.6. The molecule has 1 amide bonds. The highest BCUT2D eigenvalue weighted by Gasteiger charge is 2.13. The third-order valence-electron chi connectivity index (χ3n) is 3.79. The van der Waals surface area contributed by atoms with Gasteiger partial charge in [0.25, 0.3) is 5.91 Å². The first kappa shape index (κ1) is 16.9. The van der Waals surface area contributed by atoms with E-state index in [-0.39, 0.29) is 5.91 Å². The molecule has 0 aliphatic heterocycles. The molecular weight excluding hydrogens is 362 g/mol. The van der Waals surface area contributed by atoms with E-state index >= 15 is 0 Å². The van der Waals surface area contributed by atoms with E-state index in [1.54, 1.807) is 30.6 Å². The summed E-state index contributed by atoms with van der Waals surface area (Å²) in [4.78, 5) is 21.0. The molecule has 8 heteroatoms. The van der Waals surface area contributed by atoms with Crippen molar-refractivity contribution in [2.24, 2.45) is 0 Å². The Morgan fingerprint density at radius 3 is 2.85 bits per heavy atom. The lowest BCUT2D eigenvalue weighted by Crippen LogP contribution is -2.17. The molecule has 1 N–H and O–H groups in total. The normalized spacial score (nSPS) is 11.1. The fraction of sp³-hybridized carbons (Fsp3) is 0.0526. The van der Waals surface area contributed by atoms with Gasteiger partial charge in [0.15, 0.2) is 5.13 Å². The molecule has 0 bridgehead atoms. The number of hydrogen-bond acceptors (Lipinski definition) is 6. The molecule has 0 saturated carbocycles. The van der Waals surface area contributed by atoms with Gasteiger partial charge in [-0.1, -0.05) is 5.16 Å². The van der Waals surface area contributed by atoms with Gasteiger partial charge in [0.2, 0.25) is 0 Å². The zero-order valence-corrected chi connectivity index (χ0v) is 15.0. The Balaban J connectivity index is 1.43. The molecule has 4 rings (SSSR count). The smallest absolute Gasteiger partial charge is 0.274 e. The zero-order chi connectivity index (χ0) is 18.5. The molecule has 4 aromatic rings. The van der Waals surface area contributed by atoms with Gasteiger partial charge in [-0.15, -0.1) is 11.3 Å². The molecule has 27 heavy (non-hydrogen) atoms. The van der Waals surface area contributed by atoms with E-state index in [0.29, 0.717) is 23.1 Å². The van der Waals surface area contributed by atoms with Crippen LogP contribution in [-0.4, -0.2) is 25.6 Å². The highest BCUT2D eigenvalue weighted by atomic mass is 32.1. The molecule has 0 spiro atoms. The minimum Gasteiger partial charge on any atom is -0.364 e. The van der Waals surface area contributed by atoms with Crippen LogP contribution in [0.4, 0.5) is 5.13 Å². The van der Waals surface area contributed by atoms with Crippen molar-refractivity contribution in [3.8, 4) is 0 Å². The summed E-state index contributed by atoms with van der Waals surface area (Å²) in [6.45, 7) is 0.599. The van der Waals surface area contributed by atoms with Crippen LogP contribution in [0.1, 0.15) is 27.4 Å². The number of nitrogens with zero attached hydrogens (tertiary/aromatic N) is 4. The van der Waals surface area contributed by atoms with E-state index in [9.17, 15) is 4.79 Å². The van der Waals surface area contributed by atoms with Crippen LogP contribution in [-0.2, 0) is 6.54 Å². The van der Waals surface area contributed by atoms with Crippen LogP contribution in [0.15, 0.2) is 65.1 Å². The summed E-state index contributed by atoms with van der Waals surface area (Å²) < 4.78 is 6.67. The van der Waals surface area contributed by atoms with Crippen molar-refractivity contribution in [1.29, 1.82) is 0 Å². The van der Waals surface area contributed by atoms with Gasteiger partial charge in [-0.25, -0.2) is 4.98 Å². The van der Waals surface area contributed by atoms with Gasteiger partial charge in [-0.3, -0.25) is 15.1 Å². The maximum Gasteiger partial charge on any atom is 0.274 e. The van der Waals surface area contributed by atoms with Crippen molar-refractivity contribution in [3.05, 3.63) is 83.2 Å². The number of carbonyl (C=O) groups excluding carboxylic acids is 1. The maximum atomic E-state index is 12.6. The van der Waals surface area contributed by atoms with Crippen molar-refractivity contribution >= 4 is 34.5 Å². The van der Waals surface area contributed by atoms with Crippen molar-refractivity contribution < 1.29 is 9.32 Å². The molecule has 0 saturated heterocycles. The molecule has 0 radical (unpaired) electrons. The van der Waals surface area contributed by atoms with Crippen LogP contribution >= 0.6 is 11.3 Å². The van der Waals surface area contributed by atoms with Crippen molar-refractivity contribution in [3.63, 3.8) is 0 Å². The quantitative estimate of drug-likeness (QED) is 0.552. The molecule has 4 aromatic heterocycles. The molecule has 0 atom stereocenters. The highest BCUT2D eigenvalue weighted by molar-refractivity contribution is 7.14. The van der Waals surface area contributed by atoms with Gasteiger partial charge in [-0.05, 0) is 42.0 Å². The predicted octanol–water partition coefficient (Wildman–Crippen LogP) is 3.80. The first-order valence-electron chi connectivity index (χ1n) is 8.17. The standard InChI is InChI=1S/C19H15N5O2S/c25-18(17-2-1-10-24(17)12-14-5-8-20-9-6-14)22-19-21-16(13-27-19)4-3-15-7-11-26-23-15/h1-11,13H,12H2,(H,21,22,25)/b4-3+. The number of carbonyl (C=O) groups is 1. The third-order valence-corrected chi connectivity index (χ3v) is 4.57. The van der Waals surface area contributed by atoms with Crippen LogP contribution in [0.2, 0.25) is 0 Å². The van der Waals surface area contributed by atoms with Gasteiger partial charge in [0, 0.05) is 36.6 Å². The summed E-state index contributed by atoms with van der Waals surface area (Å²) >= 11 is 1.37. The Hall–Kier alpha value is -3.52. The summed E-state index contributed by atoms with van der Waals surface area (Å²) in [5.41, 5.74) is 3.10. The molecule has 7 nitrogen and oxygen atoms in total. The number of pyridine rings is 1. The van der Waals surface area contributed by atoms with E-state index in [1.807, 2.05) is 40.4 Å². The van der Waals surface area contributed by atoms with Gasteiger partial charge in [-0.2, -0.15) is 0 Å². The first-order valence-corrected chi connectivity index (χ1v) is 9.05. The minimum atomic E-state index is -0.199. The number of thiazole rings is 1. The lowest BCUT2D eigenvalue weighted by Gasteiger charge is -2.08. The molecule has 0 aromatic carbocycles. The Morgan fingerprint density at radius 2 is 2.04 bits per heavy atom. The number of anilines is 1. The third kappa shape index (κ3) is 4.18. The van der Waals surface area contributed by atoms with Gasteiger partial charge in [0.05, 0.1) is 5.69 Å². The topological polar surface area (TPSA) is 85.8 Å². The van der Waals surface area contributed by atoms with Crippen LogP contribution in [0.3, 0.4) is 0 Å². The summed E-state index contributed by atoms with van der Waals surface area (Å²) in [5, 5.41) is 9.05. The number of amides is 1. The van der Waals surface area contributed by atoms with Crippen molar-refractivity contribution in [1.82, 2.24) is 19.7 Å². The lowest BCUT2D eigenvalue weighted by molar-refractivity contribution is 0.101. The second kappa shape index (κ2) is 7.79. The second-order valence-corrected chi connectivity index (χ2v) is 6.52. The van der Waals surface area contributed by atoms with Gasteiger partial charge in [0.1, 0.15) is 17.7 Å². The van der Waals surface area contributed by atoms with Gasteiger partial charge < -0.3 is 9.09 Å². The van der Waals surface area contributed by atoms with Crippen molar-refractivity contribution in [2.45, 2.75) is 6.54 Å². The number of nitrogens with one attached hydrogen (secondary N) is 1. The first-order chi connectivity index (χ1) is 13.3. The van der Waals surface area contributed by atoms with Gasteiger partial charge >= 0.3 is 0 Å². The van der Waals surface area contributed by atoms with Crippen LogP contribution in [0.5, 0.6) is 0 Å². The molecule has 0 aliphatic rings. The molecule has 0 fully saturated rings. The fourth-order valence-corrected chi connectivity index (χ4v) is 3.18. The monoisotopic (exact) mass is 377 g/mol. The SMILES string of the molecule is O=C(Nc1nc(/C=C/c2ccon2)cs1)c1cccn1Cc1ccncc1. The van der Waals surface area contributed by atoms with Crippen LogP contribution in [0.25, 0.3) is 12.2 Å². The largest absolute Gasteiger partial charge is 0.364 e. The number of hydrogen-bond donors (Lipinski definition) is 1. The van der Waals surface area contributed by atoms with E-state index in [0.717, 1.165) is 11.3 Å². The van der Waals surface area contributed by atoms with Crippen molar-refractivity contribution in [2.75, 3.05) is 5.32 Å². The average molecular weight is 377 g/mol. The number of rotatable bonds is 6. The Kier molecular flexibility index (Phi) is 4.88. The summed E-state index contributed by atoms with van der Waals surface area (Å²) in [6.07, 6.45) is 10.5. The highest BCUT2D eigenvalue weighted by Crippen LogP contribution is 2.18. The second-order valence-electron chi connectivity index (χ2n) is 5.67. The average Bonchev–Trinajstić information content (AvgIpc) is 3.43. The van der Waals surface area contributed by atoms with E-state index in [2.05, 4.69) is 20.4 Å². The molecule has 0 unspecified atom stereocenters. The summed E-state index contributed by atoms with van der Waals surface area (Å²) in [6, 6.07) is 9.24. The van der Waals surface area contributed by atoms with E-state index in [1.165, 1.54) is 17.6 Å². The Morgan fingerprint density at radius 1 is 1.19 bits per heavy atom. The Bertz CT molecular complexity index is 1050.